The fourth-order valence-electron chi connectivity index (χ4n) is 5.99. The Labute approximate surface area is 469 Å². The number of esters is 2. The molecule has 0 unspecified atom stereocenters. The number of hydrogen-bond donors (Lipinski definition) is 5. The van der Waals surface area contributed by atoms with Crippen molar-refractivity contribution >= 4 is 77.8 Å². The number of nitro groups is 5. The number of carbonyl (C=O) groups is 4. The minimum absolute atomic E-state index is 0. The third-order valence-corrected chi connectivity index (χ3v) is 9.75. The van der Waals surface area contributed by atoms with Crippen LogP contribution in [0.5, 0.6) is 5.88 Å². The fourth-order valence-corrected chi connectivity index (χ4v) is 5.99. The van der Waals surface area contributed by atoms with Crippen molar-refractivity contribution in [1.29, 1.82) is 0 Å². The van der Waals surface area contributed by atoms with Crippen LogP contribution in [-0.2, 0) is 14.3 Å². The molecule has 5 aromatic heterocycles. The van der Waals surface area contributed by atoms with E-state index in [1.807, 2.05) is 42.5 Å². The van der Waals surface area contributed by atoms with Gasteiger partial charge < -0.3 is 29.4 Å². The molecule has 5 N–H and O–H groups in total. The van der Waals surface area contributed by atoms with Crippen LogP contribution in [0.4, 0.5) is 28.4 Å². The number of benzene rings is 4. The van der Waals surface area contributed by atoms with E-state index >= 15 is 0 Å². The molecule has 9 aromatic rings. The maximum atomic E-state index is 11.4. The van der Waals surface area contributed by atoms with E-state index in [1.165, 1.54) is 26.4 Å². The first kappa shape index (κ1) is 65.4. The predicted molar refractivity (Wildman–Crippen MR) is 286 cm³/mol. The molecule has 0 atom stereocenters. The highest BCUT2D eigenvalue weighted by Gasteiger charge is 2.28. The summed E-state index contributed by atoms with van der Waals surface area (Å²) >= 11 is 0. The minimum atomic E-state index is -1.42. The van der Waals surface area contributed by atoms with Gasteiger partial charge in [0, 0.05) is 0 Å². The Morgan fingerprint density at radius 2 is 0.916 bits per heavy atom. The molecule has 0 amide bonds. The molecular weight excluding hydrogens is 1130 g/mol. The monoisotopic (exact) mass is 1170 g/mol. The van der Waals surface area contributed by atoms with Gasteiger partial charge >= 0.3 is 53.5 Å². The lowest BCUT2D eigenvalue weighted by atomic mass is 9.81. The van der Waals surface area contributed by atoms with E-state index < -0.39 is 61.0 Å². The molecule has 0 saturated heterocycles. The average molecular weight is 1170 g/mol. The van der Waals surface area contributed by atoms with Crippen LogP contribution in [0.15, 0.2) is 152 Å². The standard InChI is InChI=1S/C11H9N3O4.C10H7N3O4.C10H9N3O2.C6H7BO2.C5H5N3O4.C4H3N3O4.ClH/c1-18-11(15)10-9(14(16)17)7-13(12-10)8-5-3-2-4-6-8;14-10(15)9-8(13(16)17)6-12(11-9)7-4-2-1-3-5-7;1-8-10(13(14)15)7-12(11-8)9-5-3-2-4-6-9;8-7(9)6-4-2-1-3-5-6;1-12-5(9)4-3(8(10)11)2-6-7-4;8-2-11-4-3(7(9)10)1-5-6-4;/h2-7H,1H3;1-6H,(H,14,15);2-7H,1H3;1-5,8-9H;2H,1H3,(H,6,7);1-2H,(H,5,6);1H. The Hall–Kier alpha value is -11.9. The molecule has 0 spiro atoms. The largest absolute Gasteiger partial charge is 0.488 e. The normalized spacial score (nSPS) is 9.65. The number of methoxy groups -OCH3 is 2. The zero-order valence-electron chi connectivity index (χ0n) is 42.6. The number of carboxylic acids is 1. The van der Waals surface area contributed by atoms with Gasteiger partial charge in [-0.1, -0.05) is 84.9 Å². The molecule has 9 rings (SSSR count). The second-order valence-electron chi connectivity index (χ2n) is 15.0. The number of nitrogens with one attached hydrogen (secondary N) is 2. The van der Waals surface area contributed by atoms with Gasteiger partial charge in [0.15, 0.2) is 0 Å². The quantitative estimate of drug-likeness (QED) is 0.0318. The van der Waals surface area contributed by atoms with E-state index in [1.54, 1.807) is 85.8 Å². The van der Waals surface area contributed by atoms with Crippen LogP contribution in [-0.4, -0.2) is 135 Å². The first-order valence-corrected chi connectivity index (χ1v) is 22.3. The Kier molecular flexibility index (Phi) is 25.3. The number of hydrogen-bond acceptors (Lipinski definition) is 24. The molecule has 83 heavy (non-hydrogen) atoms. The van der Waals surface area contributed by atoms with Gasteiger partial charge in [-0.15, -0.1) is 12.4 Å². The summed E-state index contributed by atoms with van der Waals surface area (Å²) in [6, 6.07) is 35.3. The van der Waals surface area contributed by atoms with E-state index in [2.05, 4.69) is 49.9 Å². The summed E-state index contributed by atoms with van der Waals surface area (Å²) < 4.78 is 16.9. The molecule has 0 saturated carbocycles. The molecular formula is C46H41BClN15O20. The van der Waals surface area contributed by atoms with Crippen molar-refractivity contribution in [1.82, 2.24) is 49.7 Å². The van der Waals surface area contributed by atoms with Crippen LogP contribution in [0.25, 0.3) is 17.1 Å². The summed E-state index contributed by atoms with van der Waals surface area (Å²) in [5, 5.41) is 101. The summed E-state index contributed by atoms with van der Waals surface area (Å²) in [7, 11) is 0.937. The van der Waals surface area contributed by atoms with Crippen molar-refractivity contribution in [2.24, 2.45) is 0 Å². The van der Waals surface area contributed by atoms with Crippen LogP contribution in [0.2, 0.25) is 0 Å². The highest BCUT2D eigenvalue weighted by atomic mass is 35.5. The summed E-state index contributed by atoms with van der Waals surface area (Å²) in [6.45, 7) is 1.71. The number of aromatic carboxylic acids is 1. The topological polar surface area (TPSA) is 483 Å². The molecule has 37 heteroatoms. The first-order valence-electron chi connectivity index (χ1n) is 22.3. The lowest BCUT2D eigenvalue weighted by molar-refractivity contribution is -0.385. The SMILES string of the molecule is COC(=O)c1[nH]ncc1[N+](=O)[O-].COC(=O)c1nn(-c2ccccc2)cc1[N+](=O)[O-].Cc1nn(-c2ccccc2)cc1[N+](=O)[O-].Cl.O=C(O)c1nn(-c2ccccc2)cc1[N+](=O)[O-].O=COc1[nH]ncc1[N+](=O)[O-].OB(O)c1ccccc1. The second-order valence-corrected chi connectivity index (χ2v) is 15.0. The van der Waals surface area contributed by atoms with Crippen LogP contribution in [0, 0.1) is 57.5 Å². The zero-order chi connectivity index (χ0) is 60.5. The van der Waals surface area contributed by atoms with Crippen molar-refractivity contribution in [2.45, 2.75) is 6.92 Å². The van der Waals surface area contributed by atoms with Gasteiger partial charge in [0.05, 0.1) is 55.9 Å². The number of halogens is 1. The number of rotatable bonds is 14. The van der Waals surface area contributed by atoms with Crippen LogP contribution >= 0.6 is 12.4 Å². The number of para-hydroxylation sites is 3. The number of aromatic nitrogens is 10. The van der Waals surface area contributed by atoms with Gasteiger partial charge in [0.25, 0.3) is 12.4 Å². The van der Waals surface area contributed by atoms with E-state index in [0.29, 0.717) is 22.5 Å². The molecule has 5 heterocycles. The fraction of sp³-hybridized carbons (Fsp3) is 0.0652. The molecule has 430 valence electrons. The third kappa shape index (κ3) is 18.9. The van der Waals surface area contributed by atoms with E-state index in [9.17, 15) is 69.7 Å². The zero-order valence-corrected chi connectivity index (χ0v) is 43.4. The molecule has 0 bridgehead atoms. The number of aromatic amines is 2. The van der Waals surface area contributed by atoms with Crippen molar-refractivity contribution < 1.29 is 73.2 Å². The molecule has 0 aliphatic rings. The number of carbonyl (C=O) groups excluding carboxylic acids is 3. The van der Waals surface area contributed by atoms with Gasteiger partial charge in [-0.25, -0.2) is 33.5 Å². The van der Waals surface area contributed by atoms with Crippen molar-refractivity contribution in [2.75, 3.05) is 14.2 Å². The van der Waals surface area contributed by atoms with Gasteiger partial charge in [-0.3, -0.25) is 60.5 Å². The Morgan fingerprint density at radius 3 is 1.28 bits per heavy atom. The molecule has 0 radical (unpaired) electrons. The summed E-state index contributed by atoms with van der Waals surface area (Å²) in [4.78, 5) is 91.9. The van der Waals surface area contributed by atoms with Crippen LogP contribution in [0.3, 0.4) is 0 Å². The van der Waals surface area contributed by atoms with Crippen LogP contribution in [0.1, 0.15) is 37.2 Å². The Balaban J connectivity index is 0.000000264. The minimum Gasteiger partial charge on any atom is -0.476 e. The van der Waals surface area contributed by atoms with E-state index in [4.69, 9.17) is 15.2 Å². The summed E-state index contributed by atoms with van der Waals surface area (Å²) in [6.07, 6.45) is 5.59. The number of nitrogens with zero attached hydrogens (tertiary/aromatic N) is 13. The average Bonchev–Trinajstić information content (AvgIpc) is 4.42. The molecule has 0 aliphatic heterocycles. The highest BCUT2D eigenvalue weighted by Crippen LogP contribution is 2.23. The second kappa shape index (κ2) is 32.1. The number of carboxylic acid groups (broad SMARTS) is 1. The smallest absolute Gasteiger partial charge is 0.476 e. The van der Waals surface area contributed by atoms with E-state index in [0.717, 1.165) is 38.5 Å². The van der Waals surface area contributed by atoms with Gasteiger partial charge in [0.1, 0.15) is 36.7 Å². The predicted octanol–water partition coefficient (Wildman–Crippen LogP) is 4.88. The first-order chi connectivity index (χ1) is 39.1. The maximum Gasteiger partial charge on any atom is 0.488 e. The summed E-state index contributed by atoms with van der Waals surface area (Å²) in [5.41, 5.74) is 0.187. The lowest BCUT2D eigenvalue weighted by Crippen LogP contribution is -2.29. The number of aryl methyl sites for hydroxylation is 1. The van der Waals surface area contributed by atoms with Gasteiger partial charge in [-0.2, -0.15) is 25.5 Å². The summed E-state index contributed by atoms with van der Waals surface area (Å²) in [5.74, 6) is -3.33. The van der Waals surface area contributed by atoms with Crippen LogP contribution < -0.4 is 10.2 Å². The highest BCUT2D eigenvalue weighted by molar-refractivity contribution is 6.58. The van der Waals surface area contributed by atoms with Gasteiger partial charge in [0.2, 0.25) is 17.1 Å². The van der Waals surface area contributed by atoms with Crippen molar-refractivity contribution in [3.8, 4) is 22.9 Å². The Morgan fingerprint density at radius 1 is 0.542 bits per heavy atom. The molecule has 4 aromatic carbocycles. The maximum absolute atomic E-state index is 11.4. The van der Waals surface area contributed by atoms with Crippen molar-refractivity contribution in [3.05, 3.63) is 226 Å². The lowest BCUT2D eigenvalue weighted by Gasteiger charge is -1.98. The number of ether oxygens (including phenoxy) is 3. The van der Waals surface area contributed by atoms with Crippen molar-refractivity contribution in [3.63, 3.8) is 0 Å². The van der Waals surface area contributed by atoms with Gasteiger partial charge in [-0.05, 0) is 48.8 Å². The third-order valence-electron chi connectivity index (χ3n) is 9.75. The molecule has 0 fully saturated rings. The molecule has 0 aliphatic carbocycles. The Bertz CT molecular complexity index is 3600. The number of H-pyrrole nitrogens is 2. The van der Waals surface area contributed by atoms with E-state index in [-0.39, 0.29) is 58.9 Å². The molecule has 35 nitrogen and oxygen atoms in total.